The van der Waals surface area contributed by atoms with Crippen molar-refractivity contribution in [1.29, 1.82) is 5.26 Å². The maximum absolute atomic E-state index is 8.87. The highest BCUT2D eigenvalue weighted by Gasteiger charge is 2.05. The Morgan fingerprint density at radius 3 is 3.06 bits per heavy atom. The van der Waals surface area contributed by atoms with Crippen LogP contribution in [0.2, 0.25) is 0 Å². The van der Waals surface area contributed by atoms with Gasteiger partial charge in [-0.3, -0.25) is 0 Å². The molecule has 0 spiro atoms. The van der Waals surface area contributed by atoms with Crippen molar-refractivity contribution >= 4 is 16.7 Å². The molecule has 1 unspecified atom stereocenters. The van der Waals surface area contributed by atoms with Crippen molar-refractivity contribution in [2.24, 2.45) is 5.92 Å². The van der Waals surface area contributed by atoms with Crippen molar-refractivity contribution in [1.82, 2.24) is 9.97 Å². The summed E-state index contributed by atoms with van der Waals surface area (Å²) in [5.74, 6) is 0.981. The van der Waals surface area contributed by atoms with Gasteiger partial charge in [0.15, 0.2) is 0 Å². The highest BCUT2D eigenvalue weighted by atomic mass is 14.9. The molecule has 2 aromatic rings. The lowest BCUT2D eigenvalue weighted by molar-refractivity contribution is 0.674. The lowest BCUT2D eigenvalue weighted by Crippen LogP contribution is -2.11. The molecule has 0 radical (unpaired) electrons. The molecule has 0 aliphatic heterocycles. The topological polar surface area (TPSA) is 64.5 Å². The molecule has 0 aliphatic carbocycles. The molecule has 1 atom stereocenters. The molecular formula is C13H16N4. The average Bonchev–Trinajstić information content (AvgIpc) is 2.69. The number of nitrogens with one attached hydrogen (secondary N) is 2. The summed E-state index contributed by atoms with van der Waals surface area (Å²) < 4.78 is 0. The van der Waals surface area contributed by atoms with E-state index in [1.54, 1.807) is 0 Å². The fourth-order valence-electron chi connectivity index (χ4n) is 1.77. The summed E-state index contributed by atoms with van der Waals surface area (Å²) in [7, 11) is 0. The van der Waals surface area contributed by atoms with Gasteiger partial charge in [0.2, 0.25) is 0 Å². The average molecular weight is 228 g/mol. The number of rotatable bonds is 4. The SMILES string of the molecule is CCC(C#N)CNc1ccc2nc(C)[nH]c2c1. The Morgan fingerprint density at radius 1 is 1.53 bits per heavy atom. The number of anilines is 1. The fourth-order valence-corrected chi connectivity index (χ4v) is 1.77. The third kappa shape index (κ3) is 2.56. The lowest BCUT2D eigenvalue weighted by Gasteiger charge is -2.09. The molecule has 0 bridgehead atoms. The number of benzene rings is 1. The number of nitrogens with zero attached hydrogens (tertiary/aromatic N) is 2. The summed E-state index contributed by atoms with van der Waals surface area (Å²) in [5.41, 5.74) is 3.02. The van der Waals surface area contributed by atoms with Crippen molar-refractivity contribution in [3.63, 3.8) is 0 Å². The first-order valence-electron chi connectivity index (χ1n) is 5.82. The normalized spacial score (nSPS) is 12.3. The maximum Gasteiger partial charge on any atom is 0.104 e. The molecule has 0 saturated heterocycles. The number of hydrogen-bond donors (Lipinski definition) is 2. The first kappa shape index (κ1) is 11.5. The molecule has 1 heterocycles. The Hall–Kier alpha value is -2.02. The monoisotopic (exact) mass is 228 g/mol. The predicted molar refractivity (Wildman–Crippen MR) is 68.7 cm³/mol. The van der Waals surface area contributed by atoms with Gasteiger partial charge in [0.05, 0.1) is 23.0 Å². The largest absolute Gasteiger partial charge is 0.384 e. The van der Waals surface area contributed by atoms with Crippen LogP contribution in [0.1, 0.15) is 19.2 Å². The molecule has 0 fully saturated rings. The van der Waals surface area contributed by atoms with Gasteiger partial charge in [-0.05, 0) is 31.5 Å². The molecule has 2 N–H and O–H groups in total. The summed E-state index contributed by atoms with van der Waals surface area (Å²) >= 11 is 0. The zero-order valence-corrected chi connectivity index (χ0v) is 10.1. The first-order valence-corrected chi connectivity index (χ1v) is 5.82. The van der Waals surface area contributed by atoms with Crippen LogP contribution in [0, 0.1) is 24.2 Å². The Labute approximate surface area is 101 Å². The molecular weight excluding hydrogens is 212 g/mol. The number of fused-ring (bicyclic) bond motifs is 1. The van der Waals surface area contributed by atoms with E-state index in [2.05, 4.69) is 21.4 Å². The van der Waals surface area contributed by atoms with Gasteiger partial charge in [0.1, 0.15) is 5.82 Å². The molecule has 17 heavy (non-hydrogen) atoms. The minimum absolute atomic E-state index is 0.0641. The van der Waals surface area contributed by atoms with Crippen LogP contribution in [-0.4, -0.2) is 16.5 Å². The van der Waals surface area contributed by atoms with E-state index in [4.69, 9.17) is 5.26 Å². The molecule has 1 aromatic heterocycles. The summed E-state index contributed by atoms with van der Waals surface area (Å²) in [4.78, 5) is 7.54. The van der Waals surface area contributed by atoms with Gasteiger partial charge in [0, 0.05) is 12.2 Å². The molecule has 0 aliphatic rings. The number of aryl methyl sites for hydroxylation is 1. The second-order valence-corrected chi connectivity index (χ2v) is 4.17. The number of nitriles is 1. The van der Waals surface area contributed by atoms with E-state index in [1.165, 1.54) is 0 Å². The number of aromatic amines is 1. The van der Waals surface area contributed by atoms with Gasteiger partial charge < -0.3 is 10.3 Å². The highest BCUT2D eigenvalue weighted by molar-refractivity contribution is 5.79. The summed E-state index contributed by atoms with van der Waals surface area (Å²) in [5, 5.41) is 12.2. The zero-order chi connectivity index (χ0) is 12.3. The first-order chi connectivity index (χ1) is 8.22. The maximum atomic E-state index is 8.87. The third-order valence-electron chi connectivity index (χ3n) is 2.83. The van der Waals surface area contributed by atoms with Gasteiger partial charge in [-0.15, -0.1) is 0 Å². The van der Waals surface area contributed by atoms with Crippen LogP contribution in [-0.2, 0) is 0 Å². The van der Waals surface area contributed by atoms with Crippen molar-refractivity contribution < 1.29 is 0 Å². The lowest BCUT2D eigenvalue weighted by atomic mass is 10.1. The van der Waals surface area contributed by atoms with Crippen molar-refractivity contribution in [2.75, 3.05) is 11.9 Å². The van der Waals surface area contributed by atoms with Crippen LogP contribution >= 0.6 is 0 Å². The Kier molecular flexibility index (Phi) is 3.29. The summed E-state index contributed by atoms with van der Waals surface area (Å²) in [6.45, 7) is 4.65. The van der Waals surface area contributed by atoms with Gasteiger partial charge >= 0.3 is 0 Å². The fraction of sp³-hybridized carbons (Fsp3) is 0.385. The smallest absolute Gasteiger partial charge is 0.104 e. The molecule has 4 nitrogen and oxygen atoms in total. The van der Waals surface area contributed by atoms with E-state index in [0.29, 0.717) is 6.54 Å². The van der Waals surface area contributed by atoms with E-state index >= 15 is 0 Å². The van der Waals surface area contributed by atoms with Gasteiger partial charge in [-0.25, -0.2) is 4.98 Å². The van der Waals surface area contributed by atoms with E-state index < -0.39 is 0 Å². The molecule has 0 amide bonds. The van der Waals surface area contributed by atoms with Crippen molar-refractivity contribution in [2.45, 2.75) is 20.3 Å². The molecule has 88 valence electrons. The Bertz CT molecular complexity index is 550. The van der Waals surface area contributed by atoms with Gasteiger partial charge in [-0.1, -0.05) is 6.92 Å². The molecule has 1 aromatic carbocycles. The van der Waals surface area contributed by atoms with E-state index in [0.717, 1.165) is 29.0 Å². The second kappa shape index (κ2) is 4.88. The van der Waals surface area contributed by atoms with E-state index in [-0.39, 0.29) is 5.92 Å². The third-order valence-corrected chi connectivity index (χ3v) is 2.83. The van der Waals surface area contributed by atoms with Crippen LogP contribution in [0.5, 0.6) is 0 Å². The number of H-pyrrole nitrogens is 1. The molecule has 4 heteroatoms. The van der Waals surface area contributed by atoms with Crippen LogP contribution in [0.25, 0.3) is 11.0 Å². The van der Waals surface area contributed by atoms with Gasteiger partial charge in [0.25, 0.3) is 0 Å². The van der Waals surface area contributed by atoms with Gasteiger partial charge in [-0.2, -0.15) is 5.26 Å². The molecule has 0 saturated carbocycles. The number of aromatic nitrogens is 2. The van der Waals surface area contributed by atoms with Crippen LogP contribution in [0.15, 0.2) is 18.2 Å². The zero-order valence-electron chi connectivity index (χ0n) is 10.1. The predicted octanol–water partition coefficient (Wildman–Crippen LogP) is 2.83. The molecule has 2 rings (SSSR count). The Morgan fingerprint density at radius 2 is 2.35 bits per heavy atom. The standard InChI is InChI=1S/C13H16N4/c1-3-10(7-14)8-15-11-4-5-12-13(6-11)17-9(2)16-12/h4-6,10,15H,3,8H2,1-2H3,(H,16,17). The van der Waals surface area contributed by atoms with Crippen molar-refractivity contribution in [3.05, 3.63) is 24.0 Å². The summed E-state index contributed by atoms with van der Waals surface area (Å²) in [6, 6.07) is 8.28. The highest BCUT2D eigenvalue weighted by Crippen LogP contribution is 2.17. The minimum atomic E-state index is 0.0641. The number of hydrogen-bond acceptors (Lipinski definition) is 3. The van der Waals surface area contributed by atoms with Crippen molar-refractivity contribution in [3.8, 4) is 6.07 Å². The quantitative estimate of drug-likeness (QED) is 0.845. The van der Waals surface area contributed by atoms with Crippen LogP contribution < -0.4 is 5.32 Å². The Balaban J connectivity index is 2.11. The minimum Gasteiger partial charge on any atom is -0.384 e. The van der Waals surface area contributed by atoms with Crippen LogP contribution in [0.4, 0.5) is 5.69 Å². The van der Waals surface area contributed by atoms with Crippen LogP contribution in [0.3, 0.4) is 0 Å². The van der Waals surface area contributed by atoms with E-state index in [1.807, 2.05) is 32.0 Å². The summed E-state index contributed by atoms with van der Waals surface area (Å²) in [6.07, 6.45) is 0.870. The van der Waals surface area contributed by atoms with E-state index in [9.17, 15) is 0 Å². The number of imidazole rings is 1. The second-order valence-electron chi connectivity index (χ2n) is 4.17.